The van der Waals surface area contributed by atoms with Gasteiger partial charge in [-0.15, -0.1) is 0 Å². The monoisotopic (exact) mass is 292 g/mol. The Labute approximate surface area is 124 Å². The van der Waals surface area contributed by atoms with Gasteiger partial charge in [0.15, 0.2) is 13.4 Å². The van der Waals surface area contributed by atoms with Crippen molar-refractivity contribution >= 4 is 5.78 Å². The minimum absolute atomic E-state index is 0.0356. The molecule has 1 aromatic rings. The number of Topliss-reactive ketones (excluding diaryl/α,β-unsaturated/α-hetero) is 1. The largest absolute Gasteiger partial charge is 0.496 e. The van der Waals surface area contributed by atoms with Gasteiger partial charge in [0.1, 0.15) is 22.8 Å². The molecule has 1 aliphatic heterocycles. The average Bonchev–Trinajstić information content (AvgIpc) is 2.83. The highest BCUT2D eigenvalue weighted by atomic mass is 16.7. The molecule has 1 heterocycles. The predicted octanol–water partition coefficient (Wildman–Crippen LogP) is 2.76. The summed E-state index contributed by atoms with van der Waals surface area (Å²) in [6, 6.07) is 1.74. The van der Waals surface area contributed by atoms with E-state index in [1.807, 2.05) is 13.8 Å². The zero-order chi connectivity index (χ0) is 15.4. The van der Waals surface area contributed by atoms with Crippen molar-refractivity contribution in [3.05, 3.63) is 28.8 Å². The molecule has 0 amide bonds. The van der Waals surface area contributed by atoms with Crippen LogP contribution in [0.5, 0.6) is 17.2 Å². The van der Waals surface area contributed by atoms with Crippen molar-refractivity contribution in [1.82, 2.24) is 0 Å². The summed E-state index contributed by atoms with van der Waals surface area (Å²) in [5.41, 5.74) is 2.48. The Hall–Kier alpha value is -2.01. The van der Waals surface area contributed by atoms with E-state index in [9.17, 15) is 4.79 Å². The fourth-order valence-electron chi connectivity index (χ4n) is 2.21. The minimum Gasteiger partial charge on any atom is -0.496 e. The van der Waals surface area contributed by atoms with Crippen molar-refractivity contribution in [2.75, 3.05) is 27.6 Å². The van der Waals surface area contributed by atoms with Gasteiger partial charge in [0.2, 0.25) is 5.78 Å². The lowest BCUT2D eigenvalue weighted by Gasteiger charge is -2.16. The first kappa shape index (κ1) is 15.4. The molecule has 5 nitrogen and oxygen atoms in total. The topological polar surface area (TPSA) is 54.0 Å². The summed E-state index contributed by atoms with van der Waals surface area (Å²) in [6.45, 7) is 4.14. The van der Waals surface area contributed by atoms with Crippen LogP contribution in [0.1, 0.15) is 29.8 Å². The first-order valence-electron chi connectivity index (χ1n) is 6.73. The van der Waals surface area contributed by atoms with Gasteiger partial charge in [0, 0.05) is 18.7 Å². The van der Waals surface area contributed by atoms with Gasteiger partial charge >= 0.3 is 0 Å². The Morgan fingerprint density at radius 3 is 2.76 bits per heavy atom. The van der Waals surface area contributed by atoms with Crippen LogP contribution in [0.4, 0.5) is 0 Å². The van der Waals surface area contributed by atoms with Crippen molar-refractivity contribution in [1.29, 1.82) is 0 Å². The summed E-state index contributed by atoms with van der Waals surface area (Å²) in [4.78, 5) is 12.0. The van der Waals surface area contributed by atoms with E-state index in [4.69, 9.17) is 18.9 Å². The molecule has 0 N–H and O–H groups in total. The third-order valence-corrected chi connectivity index (χ3v) is 3.20. The third kappa shape index (κ3) is 3.19. The molecule has 0 fully saturated rings. The molecule has 0 atom stereocenters. The van der Waals surface area contributed by atoms with Crippen molar-refractivity contribution in [2.45, 2.75) is 20.3 Å². The number of hydrogen-bond donors (Lipinski definition) is 0. The summed E-state index contributed by atoms with van der Waals surface area (Å²) >= 11 is 0. The zero-order valence-electron chi connectivity index (χ0n) is 12.8. The number of methoxy groups -OCH3 is 2. The quantitative estimate of drug-likeness (QED) is 0.596. The van der Waals surface area contributed by atoms with Gasteiger partial charge in [0.05, 0.1) is 7.11 Å². The maximum atomic E-state index is 12.0. The number of carbonyl (C=O) groups excluding carboxylic acids is 1. The molecule has 21 heavy (non-hydrogen) atoms. The van der Waals surface area contributed by atoms with E-state index in [1.165, 1.54) is 12.7 Å². The van der Waals surface area contributed by atoms with E-state index in [-0.39, 0.29) is 19.2 Å². The van der Waals surface area contributed by atoms with E-state index in [0.717, 1.165) is 5.56 Å². The molecule has 1 aromatic carbocycles. The minimum atomic E-state index is -0.0859. The average molecular weight is 292 g/mol. The van der Waals surface area contributed by atoms with Crippen molar-refractivity contribution < 1.29 is 23.7 Å². The molecule has 2 rings (SSSR count). The number of fused-ring (bicyclic) bond motifs is 1. The Balaban J connectivity index is 2.55. The Morgan fingerprint density at radius 2 is 2.14 bits per heavy atom. The summed E-state index contributed by atoms with van der Waals surface area (Å²) in [5.74, 6) is 1.55. The Morgan fingerprint density at radius 1 is 1.38 bits per heavy atom. The van der Waals surface area contributed by atoms with Crippen LogP contribution in [0.2, 0.25) is 0 Å². The lowest BCUT2D eigenvalue weighted by molar-refractivity contribution is 0.0496. The molecular formula is C16H20O5. The van der Waals surface area contributed by atoms with E-state index < -0.39 is 0 Å². The molecule has 5 heteroatoms. The van der Waals surface area contributed by atoms with E-state index in [0.29, 0.717) is 29.2 Å². The molecule has 0 spiro atoms. The van der Waals surface area contributed by atoms with Gasteiger partial charge in [-0.3, -0.25) is 4.79 Å². The van der Waals surface area contributed by atoms with Crippen LogP contribution in [-0.4, -0.2) is 33.4 Å². The summed E-state index contributed by atoms with van der Waals surface area (Å²) < 4.78 is 21.4. The lowest BCUT2D eigenvalue weighted by Crippen LogP contribution is -2.08. The summed E-state index contributed by atoms with van der Waals surface area (Å²) in [6.07, 6.45) is 2.68. The van der Waals surface area contributed by atoms with E-state index in [1.54, 1.807) is 13.2 Å². The maximum absolute atomic E-state index is 12.0. The molecular weight excluding hydrogens is 272 g/mol. The van der Waals surface area contributed by atoms with Crippen molar-refractivity contribution in [2.24, 2.45) is 0 Å². The fraction of sp³-hybridized carbons (Fsp3) is 0.438. The van der Waals surface area contributed by atoms with Crippen LogP contribution in [0, 0.1) is 0 Å². The molecule has 114 valence electrons. The number of hydrogen-bond acceptors (Lipinski definition) is 5. The molecule has 0 unspecified atom stereocenters. The Kier molecular flexibility index (Phi) is 4.85. The van der Waals surface area contributed by atoms with Crippen LogP contribution < -0.4 is 14.2 Å². The second-order valence-corrected chi connectivity index (χ2v) is 5.01. The van der Waals surface area contributed by atoms with Crippen LogP contribution in [0.15, 0.2) is 17.7 Å². The van der Waals surface area contributed by atoms with Crippen LogP contribution in [-0.2, 0) is 11.2 Å². The standard InChI is InChI=1S/C16H20O5/c1-10(2)5-6-11-13(19-4)7-14-15(12(17)8-20-14)16(11)21-9-18-3/h5,7H,6,8-9H2,1-4H3. The predicted molar refractivity (Wildman–Crippen MR) is 78.5 cm³/mol. The second-order valence-electron chi connectivity index (χ2n) is 5.01. The van der Waals surface area contributed by atoms with Gasteiger partial charge in [0.25, 0.3) is 0 Å². The molecule has 0 saturated heterocycles. The van der Waals surface area contributed by atoms with Crippen molar-refractivity contribution in [3.8, 4) is 17.2 Å². The maximum Gasteiger partial charge on any atom is 0.207 e. The third-order valence-electron chi connectivity index (χ3n) is 3.20. The van der Waals surface area contributed by atoms with Crippen LogP contribution in [0.25, 0.3) is 0 Å². The number of carbonyl (C=O) groups is 1. The molecule has 1 aliphatic rings. The van der Waals surface area contributed by atoms with Gasteiger partial charge in [-0.1, -0.05) is 11.6 Å². The highest BCUT2D eigenvalue weighted by molar-refractivity contribution is 6.05. The first-order chi connectivity index (χ1) is 10.1. The van der Waals surface area contributed by atoms with Crippen LogP contribution >= 0.6 is 0 Å². The normalized spacial score (nSPS) is 12.7. The number of allylic oxidation sites excluding steroid dienone is 2. The van der Waals surface area contributed by atoms with Gasteiger partial charge in [-0.2, -0.15) is 0 Å². The highest BCUT2D eigenvalue weighted by Crippen LogP contribution is 2.42. The molecule has 0 saturated carbocycles. The highest BCUT2D eigenvalue weighted by Gasteiger charge is 2.30. The van der Waals surface area contributed by atoms with Crippen molar-refractivity contribution in [3.63, 3.8) is 0 Å². The SMILES string of the molecule is COCOc1c(CC=C(C)C)c(OC)cc2c1C(=O)CO2. The fourth-order valence-corrected chi connectivity index (χ4v) is 2.21. The summed E-state index contributed by atoms with van der Waals surface area (Å²) in [7, 11) is 3.12. The van der Waals surface area contributed by atoms with Crippen LogP contribution in [0.3, 0.4) is 0 Å². The Bertz CT molecular complexity index is 571. The molecule has 0 radical (unpaired) electrons. The number of benzene rings is 1. The number of ketones is 1. The second kappa shape index (κ2) is 6.63. The number of ether oxygens (including phenoxy) is 4. The number of rotatable bonds is 6. The summed E-state index contributed by atoms with van der Waals surface area (Å²) in [5, 5.41) is 0. The van der Waals surface area contributed by atoms with Gasteiger partial charge in [-0.25, -0.2) is 0 Å². The molecule has 0 aliphatic carbocycles. The van der Waals surface area contributed by atoms with E-state index >= 15 is 0 Å². The molecule has 0 bridgehead atoms. The molecule has 0 aromatic heterocycles. The van der Waals surface area contributed by atoms with E-state index in [2.05, 4.69) is 6.08 Å². The lowest BCUT2D eigenvalue weighted by atomic mass is 10.0. The zero-order valence-corrected chi connectivity index (χ0v) is 12.8. The first-order valence-corrected chi connectivity index (χ1v) is 6.73. The smallest absolute Gasteiger partial charge is 0.207 e. The van der Waals surface area contributed by atoms with Gasteiger partial charge < -0.3 is 18.9 Å². The van der Waals surface area contributed by atoms with Gasteiger partial charge in [-0.05, 0) is 20.3 Å².